The highest BCUT2D eigenvalue weighted by Crippen LogP contribution is 2.27. The molecule has 0 spiro atoms. The van der Waals surface area contributed by atoms with E-state index in [1.54, 1.807) is 42.3 Å². The van der Waals surface area contributed by atoms with E-state index in [0.29, 0.717) is 27.7 Å². The Hall–Kier alpha value is -1.92. The third-order valence-corrected chi connectivity index (χ3v) is 5.54. The van der Waals surface area contributed by atoms with Gasteiger partial charge in [-0.1, -0.05) is 29.8 Å². The van der Waals surface area contributed by atoms with Gasteiger partial charge in [-0.25, -0.2) is 4.39 Å². The van der Waals surface area contributed by atoms with Crippen LogP contribution in [0.5, 0.6) is 0 Å². The molecule has 1 aliphatic rings. The summed E-state index contributed by atoms with van der Waals surface area (Å²) in [5.74, 6) is -0.682. The molecule has 1 saturated heterocycles. The lowest BCUT2D eigenvalue weighted by Crippen LogP contribution is -2.46. The normalized spacial score (nSPS) is 16.9. The van der Waals surface area contributed by atoms with Crippen molar-refractivity contribution in [2.45, 2.75) is 25.4 Å². The number of carbonyl (C=O) groups excluding carboxylic acids is 2. The first kappa shape index (κ1) is 17.9. The van der Waals surface area contributed by atoms with Crippen molar-refractivity contribution in [3.8, 4) is 0 Å². The summed E-state index contributed by atoms with van der Waals surface area (Å²) in [7, 11) is 1.64. The van der Waals surface area contributed by atoms with Crippen LogP contribution in [0.4, 0.5) is 4.39 Å². The molecule has 1 atom stereocenters. The van der Waals surface area contributed by atoms with Crippen LogP contribution in [0.25, 0.3) is 0 Å². The molecule has 4 nitrogen and oxygen atoms in total. The molecule has 0 N–H and O–H groups in total. The summed E-state index contributed by atoms with van der Waals surface area (Å²) < 4.78 is 14.3. The summed E-state index contributed by atoms with van der Waals surface area (Å²) in [6.45, 7) is 0.715. The van der Waals surface area contributed by atoms with Crippen LogP contribution >= 0.6 is 22.9 Å². The van der Waals surface area contributed by atoms with Crippen molar-refractivity contribution in [3.05, 3.63) is 57.0 Å². The van der Waals surface area contributed by atoms with Gasteiger partial charge in [0.1, 0.15) is 11.9 Å². The van der Waals surface area contributed by atoms with Crippen molar-refractivity contribution < 1.29 is 14.0 Å². The quantitative estimate of drug-likeness (QED) is 0.809. The van der Waals surface area contributed by atoms with Gasteiger partial charge in [-0.05, 0) is 31.0 Å². The van der Waals surface area contributed by atoms with E-state index in [2.05, 4.69) is 0 Å². The predicted molar refractivity (Wildman–Crippen MR) is 96.3 cm³/mol. The van der Waals surface area contributed by atoms with Gasteiger partial charge in [0, 0.05) is 25.7 Å². The van der Waals surface area contributed by atoms with Crippen molar-refractivity contribution in [2.24, 2.45) is 0 Å². The average molecular weight is 381 g/mol. The molecule has 0 saturated carbocycles. The molecule has 1 aromatic heterocycles. The Balaban J connectivity index is 1.72. The molecule has 0 aliphatic carbocycles. The van der Waals surface area contributed by atoms with E-state index in [0.717, 1.165) is 6.42 Å². The average Bonchev–Trinajstić information content (AvgIpc) is 3.24. The molecular formula is C18H18ClFN2O2S. The number of likely N-dealkylation sites (tertiary alicyclic amines) is 1. The number of halogens is 2. The van der Waals surface area contributed by atoms with Crippen LogP contribution in [0.1, 0.15) is 28.1 Å². The molecule has 132 valence electrons. The van der Waals surface area contributed by atoms with E-state index >= 15 is 0 Å². The van der Waals surface area contributed by atoms with Crippen molar-refractivity contribution in [1.29, 1.82) is 0 Å². The maximum Gasteiger partial charge on any atom is 0.264 e. The molecule has 2 amide bonds. The van der Waals surface area contributed by atoms with Crippen LogP contribution in [-0.4, -0.2) is 41.2 Å². The van der Waals surface area contributed by atoms with Gasteiger partial charge in [0.05, 0.1) is 9.21 Å². The third kappa shape index (κ3) is 3.85. The highest BCUT2D eigenvalue weighted by molar-refractivity contribution is 7.17. The number of thiophene rings is 1. The molecule has 3 rings (SSSR count). The van der Waals surface area contributed by atoms with Crippen LogP contribution in [0.3, 0.4) is 0 Å². The second-order valence-corrected chi connectivity index (χ2v) is 7.76. The van der Waals surface area contributed by atoms with E-state index < -0.39 is 6.04 Å². The molecular weight excluding hydrogens is 363 g/mol. The largest absolute Gasteiger partial charge is 0.340 e. The molecule has 0 bridgehead atoms. The number of likely N-dealkylation sites (N-methyl/N-ethyl adjacent to an activating group) is 1. The van der Waals surface area contributed by atoms with E-state index in [-0.39, 0.29) is 24.2 Å². The van der Waals surface area contributed by atoms with Gasteiger partial charge < -0.3 is 9.80 Å². The zero-order valence-electron chi connectivity index (χ0n) is 13.7. The highest BCUT2D eigenvalue weighted by atomic mass is 35.5. The molecule has 25 heavy (non-hydrogen) atoms. The van der Waals surface area contributed by atoms with Gasteiger partial charge >= 0.3 is 0 Å². The predicted octanol–water partition coefficient (Wildman–Crippen LogP) is 3.80. The molecule has 2 aromatic rings. The van der Waals surface area contributed by atoms with Crippen molar-refractivity contribution >= 4 is 34.8 Å². The monoisotopic (exact) mass is 380 g/mol. The summed E-state index contributed by atoms with van der Waals surface area (Å²) >= 11 is 7.11. The van der Waals surface area contributed by atoms with Crippen LogP contribution in [-0.2, 0) is 11.3 Å². The van der Waals surface area contributed by atoms with Gasteiger partial charge in [0.15, 0.2) is 0 Å². The first-order valence-electron chi connectivity index (χ1n) is 8.02. The fourth-order valence-electron chi connectivity index (χ4n) is 3.05. The van der Waals surface area contributed by atoms with E-state index in [1.165, 1.54) is 22.3 Å². The van der Waals surface area contributed by atoms with Crippen molar-refractivity contribution in [1.82, 2.24) is 9.80 Å². The van der Waals surface area contributed by atoms with Crippen LogP contribution in [0.15, 0.2) is 36.4 Å². The topological polar surface area (TPSA) is 40.6 Å². The summed E-state index contributed by atoms with van der Waals surface area (Å²) in [6.07, 6.45) is 1.39. The van der Waals surface area contributed by atoms with Gasteiger partial charge in [0.25, 0.3) is 5.91 Å². The Kier molecular flexibility index (Phi) is 5.39. The van der Waals surface area contributed by atoms with Gasteiger partial charge in [-0.3, -0.25) is 9.59 Å². The van der Waals surface area contributed by atoms with E-state index in [1.807, 2.05) is 0 Å². The molecule has 1 aromatic carbocycles. The second-order valence-electron chi connectivity index (χ2n) is 6.05. The SMILES string of the molecule is CN(Cc1ccccc1F)C(=O)[C@H]1CCCN1C(=O)c1ccc(Cl)s1. The Morgan fingerprint density at radius 3 is 2.76 bits per heavy atom. The summed E-state index contributed by atoms with van der Waals surface area (Å²) in [4.78, 5) is 29.1. The van der Waals surface area contributed by atoms with E-state index in [9.17, 15) is 14.0 Å². The molecule has 0 radical (unpaired) electrons. The fraction of sp³-hybridized carbons (Fsp3) is 0.333. The molecule has 7 heteroatoms. The second kappa shape index (κ2) is 7.54. The van der Waals surface area contributed by atoms with Crippen molar-refractivity contribution in [2.75, 3.05) is 13.6 Å². The number of nitrogens with zero attached hydrogens (tertiary/aromatic N) is 2. The highest BCUT2D eigenvalue weighted by Gasteiger charge is 2.36. The minimum Gasteiger partial charge on any atom is -0.340 e. The number of benzene rings is 1. The molecule has 2 heterocycles. The zero-order chi connectivity index (χ0) is 18.0. The summed E-state index contributed by atoms with van der Waals surface area (Å²) in [5, 5.41) is 0. The number of hydrogen-bond acceptors (Lipinski definition) is 3. The number of carbonyl (C=O) groups is 2. The fourth-order valence-corrected chi connectivity index (χ4v) is 4.05. The Morgan fingerprint density at radius 2 is 2.08 bits per heavy atom. The molecule has 1 fully saturated rings. The summed E-state index contributed by atoms with van der Waals surface area (Å²) in [5.41, 5.74) is 0.458. The zero-order valence-corrected chi connectivity index (χ0v) is 15.3. The van der Waals surface area contributed by atoms with Crippen LogP contribution in [0, 0.1) is 5.82 Å². The maximum absolute atomic E-state index is 13.8. The molecule has 1 aliphatic heterocycles. The number of hydrogen-bond donors (Lipinski definition) is 0. The molecule has 0 unspecified atom stereocenters. The minimum atomic E-state index is -0.509. The Labute approximate surface area is 154 Å². The Bertz CT molecular complexity index is 795. The van der Waals surface area contributed by atoms with Crippen LogP contribution < -0.4 is 0 Å². The first-order valence-corrected chi connectivity index (χ1v) is 9.21. The van der Waals surface area contributed by atoms with Gasteiger partial charge in [0.2, 0.25) is 5.91 Å². The van der Waals surface area contributed by atoms with Gasteiger partial charge in [-0.15, -0.1) is 11.3 Å². The maximum atomic E-state index is 13.8. The van der Waals surface area contributed by atoms with E-state index in [4.69, 9.17) is 11.6 Å². The smallest absolute Gasteiger partial charge is 0.264 e. The van der Waals surface area contributed by atoms with Gasteiger partial charge in [-0.2, -0.15) is 0 Å². The lowest BCUT2D eigenvalue weighted by atomic mass is 10.1. The number of rotatable bonds is 4. The first-order chi connectivity index (χ1) is 12.0. The van der Waals surface area contributed by atoms with Crippen LogP contribution in [0.2, 0.25) is 4.34 Å². The standard InChI is InChI=1S/C18H18ClFN2O2S/c1-21(11-12-5-2-3-6-13(12)20)17(23)14-7-4-10-22(14)18(24)15-8-9-16(19)25-15/h2-3,5-6,8-9,14H,4,7,10-11H2,1H3/t14-/m1/s1. The number of amides is 2. The third-order valence-electron chi connectivity index (χ3n) is 4.32. The Morgan fingerprint density at radius 1 is 1.32 bits per heavy atom. The lowest BCUT2D eigenvalue weighted by molar-refractivity contribution is -0.134. The summed E-state index contributed by atoms with van der Waals surface area (Å²) in [6, 6.07) is 9.23. The minimum absolute atomic E-state index is 0.170. The van der Waals surface area contributed by atoms with Crippen molar-refractivity contribution in [3.63, 3.8) is 0 Å². The lowest BCUT2D eigenvalue weighted by Gasteiger charge is -2.28.